The SMILES string of the molecule is CC(C)CCC(N)Cc1ccc(OC(F)(F)F)cc1. The first-order valence-electron chi connectivity index (χ1n) is 6.36. The van der Waals surface area contributed by atoms with Crippen molar-refractivity contribution < 1.29 is 17.9 Å². The van der Waals surface area contributed by atoms with E-state index in [2.05, 4.69) is 18.6 Å². The molecule has 2 N–H and O–H groups in total. The number of ether oxygens (including phenoxy) is 1. The summed E-state index contributed by atoms with van der Waals surface area (Å²) in [6.07, 6.45) is -2.01. The zero-order valence-corrected chi connectivity index (χ0v) is 11.2. The molecule has 1 aromatic carbocycles. The zero-order valence-electron chi connectivity index (χ0n) is 11.2. The first-order chi connectivity index (χ1) is 8.76. The molecule has 0 bridgehead atoms. The van der Waals surface area contributed by atoms with Crippen LogP contribution < -0.4 is 10.5 Å². The van der Waals surface area contributed by atoms with Crippen LogP contribution in [0.5, 0.6) is 5.75 Å². The second kappa shape index (κ2) is 6.80. The Morgan fingerprint density at radius 1 is 1.11 bits per heavy atom. The van der Waals surface area contributed by atoms with Gasteiger partial charge in [0.05, 0.1) is 0 Å². The average molecular weight is 275 g/mol. The van der Waals surface area contributed by atoms with E-state index in [-0.39, 0.29) is 11.8 Å². The van der Waals surface area contributed by atoms with Crippen LogP contribution in [0.2, 0.25) is 0 Å². The van der Waals surface area contributed by atoms with Crippen molar-refractivity contribution >= 4 is 0 Å². The topological polar surface area (TPSA) is 35.2 Å². The summed E-state index contributed by atoms with van der Waals surface area (Å²) in [5.41, 5.74) is 6.90. The van der Waals surface area contributed by atoms with E-state index in [1.165, 1.54) is 12.1 Å². The molecule has 0 heterocycles. The molecule has 5 heteroatoms. The van der Waals surface area contributed by atoms with Gasteiger partial charge in [0.2, 0.25) is 0 Å². The van der Waals surface area contributed by atoms with Gasteiger partial charge in [-0.1, -0.05) is 26.0 Å². The van der Waals surface area contributed by atoms with Crippen LogP contribution in [0.3, 0.4) is 0 Å². The Morgan fingerprint density at radius 3 is 2.16 bits per heavy atom. The molecule has 0 aliphatic heterocycles. The van der Waals surface area contributed by atoms with Crippen LogP contribution in [0.1, 0.15) is 32.3 Å². The Morgan fingerprint density at radius 2 is 1.68 bits per heavy atom. The van der Waals surface area contributed by atoms with Gasteiger partial charge in [-0.2, -0.15) is 0 Å². The van der Waals surface area contributed by atoms with E-state index in [4.69, 9.17) is 5.73 Å². The number of nitrogens with two attached hydrogens (primary N) is 1. The van der Waals surface area contributed by atoms with Gasteiger partial charge in [0, 0.05) is 6.04 Å². The largest absolute Gasteiger partial charge is 0.573 e. The summed E-state index contributed by atoms with van der Waals surface area (Å²) in [5, 5.41) is 0. The number of hydrogen-bond donors (Lipinski definition) is 1. The van der Waals surface area contributed by atoms with Crippen molar-refractivity contribution in [2.75, 3.05) is 0 Å². The van der Waals surface area contributed by atoms with Gasteiger partial charge >= 0.3 is 6.36 Å². The normalized spacial score (nSPS) is 13.6. The van der Waals surface area contributed by atoms with Crippen molar-refractivity contribution in [3.63, 3.8) is 0 Å². The number of hydrogen-bond acceptors (Lipinski definition) is 2. The van der Waals surface area contributed by atoms with E-state index in [1.807, 2.05) is 0 Å². The smallest absolute Gasteiger partial charge is 0.406 e. The monoisotopic (exact) mass is 275 g/mol. The minimum absolute atomic E-state index is 0.0387. The van der Waals surface area contributed by atoms with Gasteiger partial charge in [-0.25, -0.2) is 0 Å². The molecule has 0 fully saturated rings. The number of rotatable bonds is 6. The molecule has 19 heavy (non-hydrogen) atoms. The van der Waals surface area contributed by atoms with E-state index in [9.17, 15) is 13.2 Å². The lowest BCUT2D eigenvalue weighted by atomic mass is 9.98. The number of alkyl halides is 3. The summed E-state index contributed by atoms with van der Waals surface area (Å²) in [7, 11) is 0. The summed E-state index contributed by atoms with van der Waals surface area (Å²) < 4.78 is 39.8. The van der Waals surface area contributed by atoms with Crippen molar-refractivity contribution in [3.8, 4) is 5.75 Å². The van der Waals surface area contributed by atoms with E-state index >= 15 is 0 Å². The molecule has 108 valence electrons. The molecule has 0 saturated heterocycles. The molecular formula is C14H20F3NO. The second-order valence-corrected chi connectivity index (χ2v) is 5.13. The van der Waals surface area contributed by atoms with Crippen LogP contribution >= 0.6 is 0 Å². The fourth-order valence-corrected chi connectivity index (χ4v) is 1.78. The predicted octanol–water partition coefficient (Wildman–Crippen LogP) is 3.89. The van der Waals surface area contributed by atoms with Crippen LogP contribution in [0.4, 0.5) is 13.2 Å². The molecule has 0 spiro atoms. The minimum Gasteiger partial charge on any atom is -0.406 e. The lowest BCUT2D eigenvalue weighted by Crippen LogP contribution is -2.23. The quantitative estimate of drug-likeness (QED) is 0.854. The van der Waals surface area contributed by atoms with Crippen LogP contribution in [-0.4, -0.2) is 12.4 Å². The molecule has 1 rings (SSSR count). The highest BCUT2D eigenvalue weighted by Gasteiger charge is 2.30. The third-order valence-electron chi connectivity index (χ3n) is 2.77. The summed E-state index contributed by atoms with van der Waals surface area (Å²) in [5.74, 6) is 0.403. The van der Waals surface area contributed by atoms with Crippen LogP contribution in [0.25, 0.3) is 0 Å². The molecule has 0 aliphatic carbocycles. The Hall–Kier alpha value is -1.23. The van der Waals surface area contributed by atoms with E-state index < -0.39 is 6.36 Å². The van der Waals surface area contributed by atoms with E-state index in [0.29, 0.717) is 12.3 Å². The standard InChI is InChI=1S/C14H20F3NO/c1-10(2)3-6-12(18)9-11-4-7-13(8-5-11)19-14(15,16)17/h4-5,7-8,10,12H,3,6,9,18H2,1-2H3. The van der Waals surface area contributed by atoms with Crippen LogP contribution in [-0.2, 0) is 6.42 Å². The maximum Gasteiger partial charge on any atom is 0.573 e. The molecule has 0 saturated carbocycles. The summed E-state index contributed by atoms with van der Waals surface area (Å²) in [6, 6.07) is 5.92. The third kappa shape index (κ3) is 7.06. The maximum atomic E-state index is 12.0. The molecule has 0 radical (unpaired) electrons. The highest BCUT2D eigenvalue weighted by Crippen LogP contribution is 2.23. The molecule has 0 amide bonds. The van der Waals surface area contributed by atoms with Gasteiger partial charge in [-0.3, -0.25) is 0 Å². The van der Waals surface area contributed by atoms with Crippen LogP contribution in [0, 0.1) is 5.92 Å². The summed E-state index contributed by atoms with van der Waals surface area (Å²) in [6.45, 7) is 4.27. The van der Waals surface area contributed by atoms with Gasteiger partial charge in [0.1, 0.15) is 5.75 Å². The molecule has 0 aromatic heterocycles. The van der Waals surface area contributed by atoms with Gasteiger partial charge < -0.3 is 10.5 Å². The van der Waals surface area contributed by atoms with Crippen LogP contribution in [0.15, 0.2) is 24.3 Å². The van der Waals surface area contributed by atoms with Crippen molar-refractivity contribution in [1.29, 1.82) is 0 Å². The molecule has 0 aliphatic rings. The number of halogens is 3. The number of benzene rings is 1. The summed E-state index contributed by atoms with van der Waals surface area (Å²) >= 11 is 0. The first kappa shape index (κ1) is 15.8. The van der Waals surface area contributed by atoms with Crippen molar-refractivity contribution in [2.24, 2.45) is 11.7 Å². The van der Waals surface area contributed by atoms with Crippen molar-refractivity contribution in [2.45, 2.75) is 45.5 Å². The Bertz CT molecular complexity index is 373. The Balaban J connectivity index is 2.48. The molecule has 1 atom stereocenters. The Kier molecular flexibility index (Phi) is 5.66. The van der Waals surface area contributed by atoms with Gasteiger partial charge in [0.15, 0.2) is 0 Å². The van der Waals surface area contributed by atoms with Crippen molar-refractivity contribution in [3.05, 3.63) is 29.8 Å². The summed E-state index contributed by atoms with van der Waals surface area (Å²) in [4.78, 5) is 0. The van der Waals surface area contributed by atoms with E-state index in [1.54, 1.807) is 12.1 Å². The highest BCUT2D eigenvalue weighted by atomic mass is 19.4. The zero-order chi connectivity index (χ0) is 14.5. The average Bonchev–Trinajstić information content (AvgIpc) is 2.27. The third-order valence-corrected chi connectivity index (χ3v) is 2.77. The molecule has 2 nitrogen and oxygen atoms in total. The Labute approximate surface area is 111 Å². The fraction of sp³-hybridized carbons (Fsp3) is 0.571. The molecule has 1 aromatic rings. The van der Waals surface area contributed by atoms with Gasteiger partial charge in [-0.05, 0) is 42.9 Å². The molecular weight excluding hydrogens is 255 g/mol. The molecule has 1 unspecified atom stereocenters. The predicted molar refractivity (Wildman–Crippen MR) is 68.9 cm³/mol. The second-order valence-electron chi connectivity index (χ2n) is 5.13. The van der Waals surface area contributed by atoms with Crippen molar-refractivity contribution in [1.82, 2.24) is 0 Å². The minimum atomic E-state index is -4.64. The van der Waals surface area contributed by atoms with Gasteiger partial charge in [0.25, 0.3) is 0 Å². The maximum absolute atomic E-state index is 12.0. The fourth-order valence-electron chi connectivity index (χ4n) is 1.78. The van der Waals surface area contributed by atoms with Gasteiger partial charge in [-0.15, -0.1) is 13.2 Å². The first-order valence-corrected chi connectivity index (χ1v) is 6.36. The van der Waals surface area contributed by atoms with E-state index in [0.717, 1.165) is 18.4 Å². The lowest BCUT2D eigenvalue weighted by molar-refractivity contribution is -0.274. The lowest BCUT2D eigenvalue weighted by Gasteiger charge is -2.14. The highest BCUT2D eigenvalue weighted by molar-refractivity contribution is 5.27.